The first kappa shape index (κ1) is 19.4. The number of hydrogen-bond donors (Lipinski definition) is 1. The Morgan fingerprint density at radius 3 is 2.32 bits per heavy atom. The number of hydrogen-bond acceptors (Lipinski definition) is 5. The van der Waals surface area contributed by atoms with Crippen molar-refractivity contribution in [1.29, 1.82) is 5.26 Å². The third kappa shape index (κ3) is 4.48. The van der Waals surface area contributed by atoms with Crippen molar-refractivity contribution >= 4 is 0 Å². The van der Waals surface area contributed by atoms with Gasteiger partial charge in [0.1, 0.15) is 24.0 Å². The SMILES string of the molecule is CCOCCOc1nc(-c2ccc(C)cc2)cc(-c2ccc(O)cc2)c1C#N. The van der Waals surface area contributed by atoms with Crippen LogP contribution < -0.4 is 4.74 Å². The van der Waals surface area contributed by atoms with Gasteiger partial charge >= 0.3 is 0 Å². The fourth-order valence-electron chi connectivity index (χ4n) is 2.82. The summed E-state index contributed by atoms with van der Waals surface area (Å²) in [5.41, 5.74) is 4.68. The van der Waals surface area contributed by atoms with Crippen LogP contribution in [0, 0.1) is 18.3 Å². The van der Waals surface area contributed by atoms with Crippen molar-refractivity contribution in [2.45, 2.75) is 13.8 Å². The van der Waals surface area contributed by atoms with Crippen molar-refractivity contribution in [2.75, 3.05) is 19.8 Å². The first-order chi connectivity index (χ1) is 13.6. The maximum atomic E-state index is 9.77. The van der Waals surface area contributed by atoms with Crippen molar-refractivity contribution < 1.29 is 14.6 Å². The smallest absolute Gasteiger partial charge is 0.232 e. The van der Waals surface area contributed by atoms with Crippen LogP contribution in [0.1, 0.15) is 18.1 Å². The zero-order valence-corrected chi connectivity index (χ0v) is 16.0. The Bertz CT molecular complexity index is 974. The van der Waals surface area contributed by atoms with Gasteiger partial charge in [0.25, 0.3) is 0 Å². The van der Waals surface area contributed by atoms with Gasteiger partial charge in [0.2, 0.25) is 5.88 Å². The molecule has 1 aromatic heterocycles. The Kier molecular flexibility index (Phi) is 6.25. The Balaban J connectivity index is 2.10. The molecule has 1 N–H and O–H groups in total. The molecule has 0 saturated heterocycles. The number of ether oxygens (including phenoxy) is 2. The van der Waals surface area contributed by atoms with E-state index >= 15 is 0 Å². The quantitative estimate of drug-likeness (QED) is 0.606. The first-order valence-corrected chi connectivity index (χ1v) is 9.14. The molecule has 0 aliphatic rings. The van der Waals surface area contributed by atoms with Crippen LogP contribution >= 0.6 is 0 Å². The van der Waals surface area contributed by atoms with E-state index < -0.39 is 0 Å². The molecule has 0 radical (unpaired) electrons. The summed E-state index contributed by atoms with van der Waals surface area (Å²) >= 11 is 0. The number of aromatic hydroxyl groups is 1. The second-order valence-corrected chi connectivity index (χ2v) is 6.31. The summed E-state index contributed by atoms with van der Waals surface area (Å²) in [6.45, 7) is 5.28. The number of nitrogens with zero attached hydrogens (tertiary/aromatic N) is 2. The van der Waals surface area contributed by atoms with Crippen molar-refractivity contribution in [3.63, 3.8) is 0 Å². The lowest BCUT2D eigenvalue weighted by atomic mass is 9.98. The molecule has 0 atom stereocenters. The Morgan fingerprint density at radius 2 is 1.68 bits per heavy atom. The molecule has 1 heterocycles. The minimum Gasteiger partial charge on any atom is -0.508 e. The number of pyridine rings is 1. The van der Waals surface area contributed by atoms with Crippen LogP contribution in [0.15, 0.2) is 54.6 Å². The number of rotatable bonds is 7. The fraction of sp³-hybridized carbons (Fsp3) is 0.217. The van der Waals surface area contributed by atoms with Crippen molar-refractivity contribution in [3.8, 4) is 40.1 Å². The number of phenolic OH excluding ortho intramolecular Hbond substituents is 1. The van der Waals surface area contributed by atoms with Gasteiger partial charge < -0.3 is 14.6 Å². The van der Waals surface area contributed by atoms with Gasteiger partial charge in [-0.05, 0) is 37.6 Å². The van der Waals surface area contributed by atoms with E-state index in [2.05, 4.69) is 11.1 Å². The lowest BCUT2D eigenvalue weighted by Gasteiger charge is -2.14. The molecule has 0 bridgehead atoms. The molecule has 2 aromatic carbocycles. The van der Waals surface area contributed by atoms with Gasteiger partial charge in [-0.2, -0.15) is 5.26 Å². The van der Waals surface area contributed by atoms with E-state index in [-0.39, 0.29) is 11.6 Å². The maximum absolute atomic E-state index is 9.77. The van der Waals surface area contributed by atoms with Gasteiger partial charge in [-0.1, -0.05) is 42.0 Å². The normalized spacial score (nSPS) is 10.5. The molecule has 5 heteroatoms. The van der Waals surface area contributed by atoms with Gasteiger partial charge in [-0.3, -0.25) is 0 Å². The van der Waals surface area contributed by atoms with Crippen LogP contribution in [-0.2, 0) is 4.74 Å². The van der Waals surface area contributed by atoms with E-state index in [0.717, 1.165) is 16.7 Å². The predicted octanol–water partition coefficient (Wildman–Crippen LogP) is 4.72. The largest absolute Gasteiger partial charge is 0.508 e. The Morgan fingerprint density at radius 1 is 1.00 bits per heavy atom. The molecular weight excluding hydrogens is 352 g/mol. The second kappa shape index (κ2) is 9.03. The molecular formula is C23H22N2O3. The van der Waals surface area contributed by atoms with Gasteiger partial charge in [-0.15, -0.1) is 0 Å². The van der Waals surface area contributed by atoms with Crippen molar-refractivity contribution in [2.24, 2.45) is 0 Å². The van der Waals surface area contributed by atoms with Gasteiger partial charge in [0.05, 0.1) is 12.3 Å². The Labute approximate surface area is 164 Å². The minimum atomic E-state index is 0.170. The lowest BCUT2D eigenvalue weighted by molar-refractivity contribution is 0.108. The summed E-state index contributed by atoms with van der Waals surface area (Å²) in [6.07, 6.45) is 0. The van der Waals surface area contributed by atoms with Crippen molar-refractivity contribution in [1.82, 2.24) is 4.98 Å². The number of benzene rings is 2. The molecule has 5 nitrogen and oxygen atoms in total. The molecule has 142 valence electrons. The molecule has 0 aliphatic heterocycles. The molecule has 0 saturated carbocycles. The Hall–Kier alpha value is -3.36. The van der Waals surface area contributed by atoms with Crippen LogP contribution in [0.5, 0.6) is 11.6 Å². The highest BCUT2D eigenvalue weighted by atomic mass is 16.5. The topological polar surface area (TPSA) is 75.4 Å². The summed E-state index contributed by atoms with van der Waals surface area (Å²) in [5, 5.41) is 19.4. The third-order valence-corrected chi connectivity index (χ3v) is 4.29. The summed E-state index contributed by atoms with van der Waals surface area (Å²) in [4.78, 5) is 4.60. The van der Waals surface area contributed by atoms with E-state index in [1.807, 2.05) is 44.2 Å². The summed E-state index contributed by atoms with van der Waals surface area (Å²) in [5.74, 6) is 0.451. The van der Waals surface area contributed by atoms with E-state index in [4.69, 9.17) is 9.47 Å². The summed E-state index contributed by atoms with van der Waals surface area (Å²) < 4.78 is 11.1. The van der Waals surface area contributed by atoms with E-state index in [0.29, 0.717) is 36.6 Å². The summed E-state index contributed by atoms with van der Waals surface area (Å²) in [7, 11) is 0. The van der Waals surface area contributed by atoms with Crippen LogP contribution in [0.25, 0.3) is 22.4 Å². The predicted molar refractivity (Wildman–Crippen MR) is 108 cm³/mol. The average molecular weight is 374 g/mol. The lowest BCUT2D eigenvalue weighted by Crippen LogP contribution is -2.09. The molecule has 28 heavy (non-hydrogen) atoms. The monoisotopic (exact) mass is 374 g/mol. The highest BCUT2D eigenvalue weighted by Crippen LogP contribution is 2.34. The van der Waals surface area contributed by atoms with Crippen molar-refractivity contribution in [3.05, 3.63) is 65.7 Å². The van der Waals surface area contributed by atoms with Crippen LogP contribution in [0.3, 0.4) is 0 Å². The summed E-state index contributed by atoms with van der Waals surface area (Å²) in [6, 6.07) is 18.9. The highest BCUT2D eigenvalue weighted by molar-refractivity contribution is 5.78. The molecule has 3 aromatic rings. The van der Waals surface area contributed by atoms with E-state index in [1.54, 1.807) is 24.3 Å². The maximum Gasteiger partial charge on any atom is 0.232 e. The standard InChI is InChI=1S/C23H22N2O3/c1-3-27-12-13-28-23-21(15-24)20(17-8-10-19(26)11-9-17)14-22(25-23)18-6-4-16(2)5-7-18/h4-11,14,26H,3,12-13H2,1-2H3. The third-order valence-electron chi connectivity index (χ3n) is 4.29. The molecule has 0 unspecified atom stereocenters. The number of phenols is 1. The van der Waals surface area contributed by atoms with Gasteiger partial charge in [0, 0.05) is 17.7 Å². The van der Waals surface area contributed by atoms with Crippen LogP contribution in [-0.4, -0.2) is 29.9 Å². The van der Waals surface area contributed by atoms with Crippen LogP contribution in [0.4, 0.5) is 0 Å². The molecule has 0 aliphatic carbocycles. The second-order valence-electron chi connectivity index (χ2n) is 6.31. The van der Waals surface area contributed by atoms with Crippen LogP contribution in [0.2, 0.25) is 0 Å². The molecule has 0 fully saturated rings. The zero-order valence-electron chi connectivity index (χ0n) is 16.0. The molecule has 0 spiro atoms. The van der Waals surface area contributed by atoms with Gasteiger partial charge in [-0.25, -0.2) is 4.98 Å². The number of aryl methyl sites for hydroxylation is 1. The molecule has 3 rings (SSSR count). The highest BCUT2D eigenvalue weighted by Gasteiger charge is 2.16. The molecule has 0 amide bonds. The minimum absolute atomic E-state index is 0.170. The van der Waals surface area contributed by atoms with E-state index in [9.17, 15) is 10.4 Å². The number of aromatic nitrogens is 1. The number of nitriles is 1. The average Bonchev–Trinajstić information content (AvgIpc) is 2.72. The van der Waals surface area contributed by atoms with E-state index in [1.165, 1.54) is 0 Å². The van der Waals surface area contributed by atoms with Gasteiger partial charge in [0.15, 0.2) is 0 Å². The first-order valence-electron chi connectivity index (χ1n) is 9.14. The zero-order chi connectivity index (χ0) is 19.9. The fourth-order valence-corrected chi connectivity index (χ4v) is 2.82.